The van der Waals surface area contributed by atoms with Gasteiger partial charge in [0.1, 0.15) is 0 Å². The fourth-order valence-electron chi connectivity index (χ4n) is 3.23. The molecule has 0 saturated carbocycles. The average Bonchev–Trinajstić information content (AvgIpc) is 2.71. The van der Waals surface area contributed by atoms with Crippen molar-refractivity contribution in [3.63, 3.8) is 0 Å². The Kier molecular flexibility index (Phi) is 8.67. The van der Waals surface area contributed by atoms with Crippen LogP contribution in [0.5, 0.6) is 11.5 Å². The maximum Gasteiger partial charge on any atom is 0.195 e. The number of likely N-dealkylation sites (N-methyl/N-ethyl adjacent to an activating group) is 1. The summed E-state index contributed by atoms with van der Waals surface area (Å²) >= 11 is 0. The number of piperazine rings is 1. The highest BCUT2D eigenvalue weighted by Crippen LogP contribution is 2.30. The topological polar surface area (TPSA) is 61.4 Å². The van der Waals surface area contributed by atoms with Gasteiger partial charge in [0, 0.05) is 57.6 Å². The van der Waals surface area contributed by atoms with Crippen molar-refractivity contribution in [2.45, 2.75) is 26.8 Å². The molecular formula is C20H35N5O2. The Bertz CT molecular complexity index is 600. The second kappa shape index (κ2) is 11.0. The number of anilines is 1. The first kappa shape index (κ1) is 21.3. The highest BCUT2D eigenvalue weighted by atomic mass is 16.5. The lowest BCUT2D eigenvalue weighted by Gasteiger charge is -2.37. The molecule has 152 valence electrons. The molecule has 27 heavy (non-hydrogen) atoms. The Balaban J connectivity index is 1.88. The van der Waals surface area contributed by atoms with Crippen LogP contribution in [0.1, 0.15) is 20.8 Å². The van der Waals surface area contributed by atoms with Crippen molar-refractivity contribution in [1.29, 1.82) is 0 Å². The molecule has 1 unspecified atom stereocenters. The van der Waals surface area contributed by atoms with E-state index < -0.39 is 0 Å². The lowest BCUT2D eigenvalue weighted by Crippen LogP contribution is -2.52. The average molecular weight is 378 g/mol. The number of nitrogens with zero attached hydrogens (tertiary/aromatic N) is 3. The number of aliphatic imine (C=N–C) groups is 1. The molecular weight excluding hydrogens is 342 g/mol. The molecule has 0 radical (unpaired) electrons. The molecule has 0 spiro atoms. The second-order valence-electron chi connectivity index (χ2n) is 6.70. The molecule has 0 aliphatic carbocycles. The summed E-state index contributed by atoms with van der Waals surface area (Å²) in [6.07, 6.45) is 0. The van der Waals surface area contributed by atoms with E-state index in [9.17, 15) is 0 Å². The van der Waals surface area contributed by atoms with Gasteiger partial charge < -0.3 is 25.0 Å². The number of rotatable bonds is 8. The molecule has 7 nitrogen and oxygen atoms in total. The van der Waals surface area contributed by atoms with Crippen molar-refractivity contribution in [1.82, 2.24) is 15.1 Å². The Labute approximate surface area is 163 Å². The number of methoxy groups -OCH3 is 1. The molecule has 1 aromatic rings. The smallest absolute Gasteiger partial charge is 0.195 e. The van der Waals surface area contributed by atoms with E-state index in [-0.39, 0.29) is 0 Å². The van der Waals surface area contributed by atoms with Crippen LogP contribution in [-0.4, -0.2) is 81.8 Å². The molecule has 1 fully saturated rings. The van der Waals surface area contributed by atoms with Crippen LogP contribution in [0.25, 0.3) is 0 Å². The van der Waals surface area contributed by atoms with Crippen LogP contribution in [0.3, 0.4) is 0 Å². The highest BCUT2D eigenvalue weighted by molar-refractivity contribution is 5.93. The van der Waals surface area contributed by atoms with E-state index in [0.717, 1.165) is 62.4 Å². The standard InChI is InChI=1S/C20H35N5O2/c1-6-24-10-12-25(13-11-24)16(3)15-22-20(21-4)23-17-8-9-18(26-5)19(14-17)27-7-2/h8-9,14,16H,6-7,10-13,15H2,1-5H3,(H2,21,22,23). The monoisotopic (exact) mass is 377 g/mol. The summed E-state index contributed by atoms with van der Waals surface area (Å²) in [7, 11) is 3.43. The quantitative estimate of drug-likeness (QED) is 0.534. The van der Waals surface area contributed by atoms with Crippen LogP contribution in [0.4, 0.5) is 5.69 Å². The minimum atomic E-state index is 0.456. The SMILES string of the molecule is CCOc1cc(NC(=NC)NCC(C)N2CCN(CC)CC2)ccc1OC. The van der Waals surface area contributed by atoms with Gasteiger partial charge >= 0.3 is 0 Å². The third kappa shape index (κ3) is 6.29. The Morgan fingerprint density at radius 1 is 1.19 bits per heavy atom. The fraction of sp³-hybridized carbons (Fsp3) is 0.650. The first-order valence-electron chi connectivity index (χ1n) is 9.86. The first-order valence-corrected chi connectivity index (χ1v) is 9.86. The maximum absolute atomic E-state index is 5.64. The molecule has 0 amide bonds. The number of ether oxygens (including phenoxy) is 2. The van der Waals surface area contributed by atoms with Crippen LogP contribution in [-0.2, 0) is 0 Å². The summed E-state index contributed by atoms with van der Waals surface area (Å²) in [5, 5.41) is 6.76. The molecule has 1 atom stereocenters. The minimum Gasteiger partial charge on any atom is -0.493 e. The van der Waals surface area contributed by atoms with E-state index in [1.165, 1.54) is 0 Å². The first-order chi connectivity index (χ1) is 13.1. The maximum atomic E-state index is 5.64. The second-order valence-corrected chi connectivity index (χ2v) is 6.70. The Morgan fingerprint density at radius 2 is 1.93 bits per heavy atom. The summed E-state index contributed by atoms with van der Waals surface area (Å²) in [4.78, 5) is 9.37. The third-order valence-corrected chi connectivity index (χ3v) is 4.99. The molecule has 0 bridgehead atoms. The van der Waals surface area contributed by atoms with Crippen molar-refractivity contribution in [2.75, 3.05) is 65.3 Å². The highest BCUT2D eigenvalue weighted by Gasteiger charge is 2.20. The zero-order valence-corrected chi connectivity index (χ0v) is 17.4. The fourth-order valence-corrected chi connectivity index (χ4v) is 3.23. The van der Waals surface area contributed by atoms with Gasteiger partial charge in [0.05, 0.1) is 13.7 Å². The van der Waals surface area contributed by atoms with Gasteiger partial charge in [-0.1, -0.05) is 6.92 Å². The van der Waals surface area contributed by atoms with Crippen molar-refractivity contribution < 1.29 is 9.47 Å². The number of hydrogen-bond acceptors (Lipinski definition) is 5. The number of guanidine groups is 1. The molecule has 0 aromatic heterocycles. The zero-order valence-electron chi connectivity index (χ0n) is 17.4. The van der Waals surface area contributed by atoms with Crippen LogP contribution in [0, 0.1) is 0 Å². The Hall–Kier alpha value is -1.99. The van der Waals surface area contributed by atoms with Crippen LogP contribution >= 0.6 is 0 Å². The molecule has 2 rings (SSSR count). The third-order valence-electron chi connectivity index (χ3n) is 4.99. The minimum absolute atomic E-state index is 0.456. The van der Waals surface area contributed by atoms with Gasteiger partial charge in [-0.3, -0.25) is 9.89 Å². The van der Waals surface area contributed by atoms with E-state index in [1.54, 1.807) is 14.2 Å². The largest absolute Gasteiger partial charge is 0.493 e. The van der Waals surface area contributed by atoms with Gasteiger partial charge in [0.25, 0.3) is 0 Å². The predicted octanol–water partition coefficient (Wildman–Crippen LogP) is 2.11. The summed E-state index contributed by atoms with van der Waals surface area (Å²) in [6.45, 7) is 13.6. The van der Waals surface area contributed by atoms with Crippen molar-refractivity contribution in [3.8, 4) is 11.5 Å². The van der Waals surface area contributed by atoms with Gasteiger partial charge in [-0.2, -0.15) is 0 Å². The molecule has 1 saturated heterocycles. The van der Waals surface area contributed by atoms with E-state index in [4.69, 9.17) is 9.47 Å². The van der Waals surface area contributed by atoms with Crippen LogP contribution in [0.15, 0.2) is 23.2 Å². The predicted molar refractivity (Wildman–Crippen MR) is 112 cm³/mol. The number of benzene rings is 1. The van der Waals surface area contributed by atoms with Crippen molar-refractivity contribution in [2.24, 2.45) is 4.99 Å². The number of hydrogen-bond donors (Lipinski definition) is 2. The summed E-state index contributed by atoms with van der Waals surface area (Å²) in [5.74, 6) is 2.20. The lowest BCUT2D eigenvalue weighted by atomic mass is 10.2. The van der Waals surface area contributed by atoms with Gasteiger partial charge in [-0.25, -0.2) is 0 Å². The molecule has 1 aromatic carbocycles. The summed E-state index contributed by atoms with van der Waals surface area (Å²) in [6, 6.07) is 6.25. The molecule has 1 aliphatic heterocycles. The van der Waals surface area contributed by atoms with Crippen molar-refractivity contribution >= 4 is 11.6 Å². The van der Waals surface area contributed by atoms with E-state index in [0.29, 0.717) is 12.6 Å². The molecule has 2 N–H and O–H groups in total. The Morgan fingerprint density at radius 3 is 2.52 bits per heavy atom. The van der Waals surface area contributed by atoms with E-state index in [2.05, 4.69) is 39.3 Å². The van der Waals surface area contributed by atoms with Gasteiger partial charge in [-0.05, 0) is 32.5 Å². The van der Waals surface area contributed by atoms with E-state index >= 15 is 0 Å². The van der Waals surface area contributed by atoms with Gasteiger partial charge in [0.2, 0.25) is 0 Å². The zero-order chi connectivity index (χ0) is 19.6. The van der Waals surface area contributed by atoms with Crippen LogP contribution < -0.4 is 20.1 Å². The molecule has 1 heterocycles. The number of nitrogens with one attached hydrogen (secondary N) is 2. The van der Waals surface area contributed by atoms with E-state index in [1.807, 2.05) is 25.1 Å². The lowest BCUT2D eigenvalue weighted by molar-refractivity contribution is 0.107. The molecule has 1 aliphatic rings. The van der Waals surface area contributed by atoms with Crippen LogP contribution in [0.2, 0.25) is 0 Å². The van der Waals surface area contributed by atoms with Gasteiger partial charge in [-0.15, -0.1) is 0 Å². The van der Waals surface area contributed by atoms with Crippen molar-refractivity contribution in [3.05, 3.63) is 18.2 Å². The van der Waals surface area contributed by atoms with Gasteiger partial charge in [0.15, 0.2) is 17.5 Å². The summed E-state index contributed by atoms with van der Waals surface area (Å²) < 4.78 is 11.0. The molecule has 7 heteroatoms. The summed E-state index contributed by atoms with van der Waals surface area (Å²) in [5.41, 5.74) is 0.913. The normalized spacial score (nSPS) is 17.4.